The van der Waals surface area contributed by atoms with E-state index in [0.29, 0.717) is 18.3 Å². The normalized spacial score (nSPS) is 10.7. The van der Waals surface area contributed by atoms with E-state index in [9.17, 15) is 4.79 Å². The SMILES string of the molecule is CC(C)N(Cc1ccccc1)c1ccnc(C(=O)NCCc2ccccc2)c1. The first-order chi connectivity index (χ1) is 13.6. The van der Waals surface area contributed by atoms with Gasteiger partial charge in [-0.1, -0.05) is 60.7 Å². The molecule has 2 aromatic carbocycles. The zero-order valence-corrected chi connectivity index (χ0v) is 16.5. The standard InChI is InChI=1S/C24H27N3O/c1-19(2)27(18-21-11-7-4-8-12-21)22-14-16-25-23(17-22)24(28)26-15-13-20-9-5-3-6-10-20/h3-12,14,16-17,19H,13,15,18H2,1-2H3,(H,26,28). The van der Waals surface area contributed by atoms with Gasteiger partial charge in [0.25, 0.3) is 5.91 Å². The summed E-state index contributed by atoms with van der Waals surface area (Å²) in [5, 5.41) is 2.97. The zero-order chi connectivity index (χ0) is 19.8. The molecule has 1 N–H and O–H groups in total. The zero-order valence-electron chi connectivity index (χ0n) is 16.5. The number of carbonyl (C=O) groups excluding carboxylic acids is 1. The molecule has 144 valence electrons. The van der Waals surface area contributed by atoms with Gasteiger partial charge in [0.05, 0.1) is 0 Å². The van der Waals surface area contributed by atoms with E-state index in [2.05, 4.69) is 53.3 Å². The molecule has 1 amide bonds. The van der Waals surface area contributed by atoms with E-state index < -0.39 is 0 Å². The third-order valence-electron chi connectivity index (χ3n) is 4.67. The highest BCUT2D eigenvalue weighted by atomic mass is 16.1. The first kappa shape index (κ1) is 19.6. The van der Waals surface area contributed by atoms with E-state index in [0.717, 1.165) is 18.7 Å². The Bertz CT molecular complexity index is 879. The summed E-state index contributed by atoms with van der Waals surface area (Å²) in [4.78, 5) is 19.1. The van der Waals surface area contributed by atoms with Crippen molar-refractivity contribution in [3.8, 4) is 0 Å². The average Bonchev–Trinajstić information content (AvgIpc) is 2.73. The van der Waals surface area contributed by atoms with Crippen LogP contribution in [0.1, 0.15) is 35.5 Å². The van der Waals surface area contributed by atoms with Crippen LogP contribution in [0.5, 0.6) is 0 Å². The van der Waals surface area contributed by atoms with Crippen LogP contribution in [0.4, 0.5) is 5.69 Å². The van der Waals surface area contributed by atoms with Crippen molar-refractivity contribution in [1.82, 2.24) is 10.3 Å². The summed E-state index contributed by atoms with van der Waals surface area (Å²) in [6, 6.07) is 24.6. The molecule has 0 saturated carbocycles. The molecule has 0 bridgehead atoms. The summed E-state index contributed by atoms with van der Waals surface area (Å²) < 4.78 is 0. The molecule has 3 rings (SSSR count). The third kappa shape index (κ3) is 5.43. The molecule has 3 aromatic rings. The number of rotatable bonds is 8. The number of aromatic nitrogens is 1. The fraction of sp³-hybridized carbons (Fsp3) is 0.250. The van der Waals surface area contributed by atoms with Crippen molar-refractivity contribution >= 4 is 11.6 Å². The maximum Gasteiger partial charge on any atom is 0.269 e. The molecular formula is C24H27N3O. The molecule has 28 heavy (non-hydrogen) atoms. The van der Waals surface area contributed by atoms with Gasteiger partial charge in [-0.2, -0.15) is 0 Å². The molecule has 1 aromatic heterocycles. The third-order valence-corrected chi connectivity index (χ3v) is 4.67. The van der Waals surface area contributed by atoms with Gasteiger partial charge in [0.1, 0.15) is 5.69 Å². The van der Waals surface area contributed by atoms with Gasteiger partial charge >= 0.3 is 0 Å². The Balaban J connectivity index is 1.66. The minimum Gasteiger partial charge on any atom is -0.365 e. The number of benzene rings is 2. The number of hydrogen-bond donors (Lipinski definition) is 1. The molecule has 4 nitrogen and oxygen atoms in total. The molecule has 0 unspecified atom stereocenters. The summed E-state index contributed by atoms with van der Waals surface area (Å²) in [6.45, 7) is 5.69. The molecule has 0 fully saturated rings. The number of amides is 1. The van der Waals surface area contributed by atoms with Crippen molar-refractivity contribution in [2.24, 2.45) is 0 Å². The fourth-order valence-electron chi connectivity index (χ4n) is 3.13. The molecular weight excluding hydrogens is 346 g/mol. The average molecular weight is 374 g/mol. The molecule has 0 saturated heterocycles. The highest BCUT2D eigenvalue weighted by molar-refractivity contribution is 5.93. The van der Waals surface area contributed by atoms with Crippen LogP contribution in [-0.4, -0.2) is 23.5 Å². The van der Waals surface area contributed by atoms with Crippen LogP contribution in [0, 0.1) is 0 Å². The van der Waals surface area contributed by atoms with E-state index >= 15 is 0 Å². The van der Waals surface area contributed by atoms with Gasteiger partial charge < -0.3 is 10.2 Å². The second-order valence-electron chi connectivity index (χ2n) is 7.10. The van der Waals surface area contributed by atoms with E-state index in [1.165, 1.54) is 11.1 Å². The first-order valence-electron chi connectivity index (χ1n) is 9.72. The van der Waals surface area contributed by atoms with Crippen molar-refractivity contribution in [2.45, 2.75) is 32.9 Å². The Hall–Kier alpha value is -3.14. The predicted molar refractivity (Wildman–Crippen MR) is 114 cm³/mol. The van der Waals surface area contributed by atoms with Gasteiger partial charge in [0.15, 0.2) is 0 Å². The molecule has 0 atom stereocenters. The second-order valence-corrected chi connectivity index (χ2v) is 7.10. The summed E-state index contributed by atoms with van der Waals surface area (Å²) in [5.41, 5.74) is 3.89. The van der Waals surface area contributed by atoms with E-state index in [4.69, 9.17) is 0 Å². The fourth-order valence-corrected chi connectivity index (χ4v) is 3.13. The monoisotopic (exact) mass is 373 g/mol. The van der Waals surface area contributed by atoms with Crippen molar-refractivity contribution in [1.29, 1.82) is 0 Å². The lowest BCUT2D eigenvalue weighted by molar-refractivity contribution is 0.0949. The quantitative estimate of drug-likeness (QED) is 0.634. The van der Waals surface area contributed by atoms with Crippen molar-refractivity contribution < 1.29 is 4.79 Å². The molecule has 0 aliphatic carbocycles. The van der Waals surface area contributed by atoms with Gasteiger partial charge in [-0.05, 0) is 43.5 Å². The Morgan fingerprint density at radius 1 is 0.964 bits per heavy atom. The van der Waals surface area contributed by atoms with Crippen molar-refractivity contribution in [2.75, 3.05) is 11.4 Å². The van der Waals surface area contributed by atoms with E-state index in [-0.39, 0.29) is 5.91 Å². The summed E-state index contributed by atoms with van der Waals surface area (Å²) >= 11 is 0. The maximum absolute atomic E-state index is 12.5. The summed E-state index contributed by atoms with van der Waals surface area (Å²) in [6.07, 6.45) is 2.51. The van der Waals surface area contributed by atoms with E-state index in [1.807, 2.05) is 48.5 Å². The lowest BCUT2D eigenvalue weighted by atomic mass is 10.1. The molecule has 1 heterocycles. The van der Waals surface area contributed by atoms with Crippen LogP contribution in [0.3, 0.4) is 0 Å². The minimum atomic E-state index is -0.138. The number of hydrogen-bond acceptors (Lipinski definition) is 3. The van der Waals surface area contributed by atoms with Gasteiger partial charge in [0, 0.05) is 31.0 Å². The number of pyridine rings is 1. The Kier molecular flexibility index (Phi) is 6.79. The van der Waals surface area contributed by atoms with Crippen LogP contribution in [0.15, 0.2) is 79.0 Å². The summed E-state index contributed by atoms with van der Waals surface area (Å²) in [5.74, 6) is -0.138. The van der Waals surface area contributed by atoms with Gasteiger partial charge in [0.2, 0.25) is 0 Å². The first-order valence-corrected chi connectivity index (χ1v) is 9.72. The molecule has 0 aliphatic rings. The number of carbonyl (C=O) groups is 1. The molecule has 4 heteroatoms. The lowest BCUT2D eigenvalue weighted by Crippen LogP contribution is -2.31. The smallest absolute Gasteiger partial charge is 0.269 e. The molecule has 0 radical (unpaired) electrons. The van der Waals surface area contributed by atoms with Crippen LogP contribution >= 0.6 is 0 Å². The summed E-state index contributed by atoms with van der Waals surface area (Å²) in [7, 11) is 0. The Labute approximate surface area is 167 Å². The number of anilines is 1. The van der Waals surface area contributed by atoms with E-state index in [1.54, 1.807) is 6.20 Å². The van der Waals surface area contributed by atoms with Crippen LogP contribution in [0.25, 0.3) is 0 Å². The Morgan fingerprint density at radius 3 is 2.25 bits per heavy atom. The van der Waals surface area contributed by atoms with Crippen LogP contribution < -0.4 is 10.2 Å². The number of nitrogens with zero attached hydrogens (tertiary/aromatic N) is 2. The Morgan fingerprint density at radius 2 is 1.61 bits per heavy atom. The van der Waals surface area contributed by atoms with Crippen LogP contribution in [-0.2, 0) is 13.0 Å². The predicted octanol–water partition coefficient (Wildman–Crippen LogP) is 4.47. The topological polar surface area (TPSA) is 45.2 Å². The number of nitrogens with one attached hydrogen (secondary N) is 1. The second kappa shape index (κ2) is 9.70. The van der Waals surface area contributed by atoms with Gasteiger partial charge in [-0.15, -0.1) is 0 Å². The minimum absolute atomic E-state index is 0.138. The van der Waals surface area contributed by atoms with Crippen molar-refractivity contribution in [3.63, 3.8) is 0 Å². The van der Waals surface area contributed by atoms with Gasteiger partial charge in [-0.3, -0.25) is 9.78 Å². The van der Waals surface area contributed by atoms with Gasteiger partial charge in [-0.25, -0.2) is 0 Å². The van der Waals surface area contributed by atoms with Crippen LogP contribution in [0.2, 0.25) is 0 Å². The highest BCUT2D eigenvalue weighted by Gasteiger charge is 2.14. The van der Waals surface area contributed by atoms with Crippen molar-refractivity contribution in [3.05, 3.63) is 95.8 Å². The molecule has 0 aliphatic heterocycles. The lowest BCUT2D eigenvalue weighted by Gasteiger charge is -2.29. The molecule has 0 spiro atoms. The largest absolute Gasteiger partial charge is 0.365 e. The maximum atomic E-state index is 12.5. The highest BCUT2D eigenvalue weighted by Crippen LogP contribution is 2.20.